The predicted octanol–water partition coefficient (Wildman–Crippen LogP) is 3.46. The van der Waals surface area contributed by atoms with Gasteiger partial charge in [-0.1, -0.05) is 31.5 Å². The number of carbonyl (C=O) groups is 2. The summed E-state index contributed by atoms with van der Waals surface area (Å²) in [5.41, 5.74) is 9.32. The first-order valence-corrected chi connectivity index (χ1v) is 8.52. The molecule has 5 nitrogen and oxygen atoms in total. The number of hydrogen-bond acceptors (Lipinski definition) is 3. The Labute approximate surface area is 160 Å². The van der Waals surface area contributed by atoms with E-state index in [4.69, 9.17) is 5.73 Å². The third-order valence-corrected chi connectivity index (χ3v) is 3.99. The summed E-state index contributed by atoms with van der Waals surface area (Å²) in [6.45, 7) is 5.04. The largest absolute Gasteiger partial charge is 0.399 e. The highest BCUT2D eigenvalue weighted by Gasteiger charge is 2.09. The van der Waals surface area contributed by atoms with E-state index in [1.165, 1.54) is 0 Å². The number of hydrogen-bond donors (Lipinski definition) is 3. The Morgan fingerprint density at radius 3 is 2.35 bits per heavy atom. The van der Waals surface area contributed by atoms with Gasteiger partial charge in [0.15, 0.2) is 0 Å². The van der Waals surface area contributed by atoms with Crippen molar-refractivity contribution in [2.45, 2.75) is 33.2 Å². The molecule has 2 amide bonds. The minimum Gasteiger partial charge on any atom is -0.399 e. The van der Waals surface area contributed by atoms with Gasteiger partial charge in [-0.3, -0.25) is 9.59 Å². The highest BCUT2D eigenvalue weighted by Crippen LogP contribution is 2.13. The molecule has 0 spiro atoms. The molecule has 2 aromatic rings. The van der Waals surface area contributed by atoms with Crippen LogP contribution in [0.5, 0.6) is 0 Å². The summed E-state index contributed by atoms with van der Waals surface area (Å²) in [5.74, 6) is -0.231. The molecule has 0 aliphatic rings. The maximum atomic E-state index is 12.3. The fourth-order valence-corrected chi connectivity index (χ4v) is 2.42. The molecular formula is C20H26ClN3O2. The Bertz CT molecular complexity index is 745. The van der Waals surface area contributed by atoms with Crippen LogP contribution in [-0.4, -0.2) is 18.4 Å². The molecule has 0 aromatic heterocycles. The number of nitrogen functional groups attached to an aromatic ring is 1. The van der Waals surface area contributed by atoms with Gasteiger partial charge in [-0.05, 0) is 48.7 Å². The zero-order chi connectivity index (χ0) is 18.2. The summed E-state index contributed by atoms with van der Waals surface area (Å²) in [7, 11) is 0. The van der Waals surface area contributed by atoms with Gasteiger partial charge >= 0.3 is 0 Å². The quantitative estimate of drug-likeness (QED) is 0.511. The molecule has 0 radical (unpaired) electrons. The zero-order valence-corrected chi connectivity index (χ0v) is 16.0. The van der Waals surface area contributed by atoms with Gasteiger partial charge in [-0.25, -0.2) is 0 Å². The number of nitrogens with one attached hydrogen (secondary N) is 2. The van der Waals surface area contributed by atoms with Crippen LogP contribution in [0.3, 0.4) is 0 Å². The lowest BCUT2D eigenvalue weighted by atomic mass is 10.1. The number of aryl methyl sites for hydroxylation is 1. The van der Waals surface area contributed by atoms with Crippen molar-refractivity contribution in [1.29, 1.82) is 0 Å². The summed E-state index contributed by atoms with van der Waals surface area (Å²) in [4.78, 5) is 24.2. The van der Waals surface area contributed by atoms with Gasteiger partial charge in [0.1, 0.15) is 0 Å². The summed E-state index contributed by atoms with van der Waals surface area (Å²) < 4.78 is 0. The summed E-state index contributed by atoms with van der Waals surface area (Å²) in [6.07, 6.45) is 2.02. The van der Waals surface area contributed by atoms with Crippen LogP contribution in [0.2, 0.25) is 0 Å². The average Bonchev–Trinajstić information content (AvgIpc) is 2.62. The van der Waals surface area contributed by atoms with Crippen molar-refractivity contribution >= 4 is 29.9 Å². The van der Waals surface area contributed by atoms with E-state index in [-0.39, 0.29) is 24.2 Å². The van der Waals surface area contributed by atoms with E-state index in [0.717, 1.165) is 24.0 Å². The first-order chi connectivity index (χ1) is 12.0. The van der Waals surface area contributed by atoms with Gasteiger partial charge in [-0.15, -0.1) is 12.4 Å². The van der Waals surface area contributed by atoms with Crippen LogP contribution in [0, 0.1) is 6.92 Å². The van der Waals surface area contributed by atoms with Gasteiger partial charge in [0.25, 0.3) is 11.8 Å². The minimum atomic E-state index is -0.161. The van der Waals surface area contributed by atoms with E-state index in [0.29, 0.717) is 29.9 Å². The summed E-state index contributed by atoms with van der Waals surface area (Å²) >= 11 is 0. The van der Waals surface area contributed by atoms with Crippen LogP contribution in [0.4, 0.5) is 5.69 Å². The van der Waals surface area contributed by atoms with Crippen molar-refractivity contribution in [3.05, 3.63) is 64.7 Å². The second-order valence-corrected chi connectivity index (χ2v) is 6.06. The van der Waals surface area contributed by atoms with Gasteiger partial charge < -0.3 is 16.4 Å². The number of amides is 2. The number of anilines is 1. The van der Waals surface area contributed by atoms with Crippen LogP contribution < -0.4 is 16.4 Å². The lowest BCUT2D eigenvalue weighted by Gasteiger charge is -2.09. The molecule has 0 fully saturated rings. The van der Waals surface area contributed by atoms with Crippen molar-refractivity contribution in [1.82, 2.24) is 10.6 Å². The van der Waals surface area contributed by atoms with Crippen LogP contribution in [0.15, 0.2) is 42.5 Å². The fraction of sp³-hybridized carbons (Fsp3) is 0.300. The highest BCUT2D eigenvalue weighted by atomic mass is 35.5. The predicted molar refractivity (Wildman–Crippen MR) is 108 cm³/mol. The Morgan fingerprint density at radius 1 is 1.00 bits per heavy atom. The number of carbonyl (C=O) groups excluding carboxylic acids is 2. The normalized spacial score (nSPS) is 9.92. The van der Waals surface area contributed by atoms with Crippen molar-refractivity contribution in [3.8, 4) is 0 Å². The van der Waals surface area contributed by atoms with E-state index >= 15 is 0 Å². The molecule has 0 bridgehead atoms. The molecule has 4 N–H and O–H groups in total. The van der Waals surface area contributed by atoms with Crippen LogP contribution in [0.1, 0.15) is 51.6 Å². The minimum absolute atomic E-state index is 0. The second-order valence-electron chi connectivity index (χ2n) is 6.06. The van der Waals surface area contributed by atoms with Crippen molar-refractivity contribution < 1.29 is 9.59 Å². The number of nitrogens with two attached hydrogens (primary N) is 1. The Balaban J connectivity index is 0.00000338. The standard InChI is InChI=1S/C20H25N3O2.ClH/c1-3-4-11-22-19(24)16-8-6-15(7-9-16)13-23-20(25)18-12-17(21)10-5-14(18)2;/h5-10,12H,3-4,11,13,21H2,1-2H3,(H,22,24)(H,23,25);1H. The molecule has 0 atom stereocenters. The fourth-order valence-electron chi connectivity index (χ4n) is 2.42. The number of rotatable bonds is 7. The van der Waals surface area contributed by atoms with Gasteiger partial charge in [0.05, 0.1) is 0 Å². The van der Waals surface area contributed by atoms with E-state index in [1.807, 2.05) is 25.1 Å². The molecule has 0 heterocycles. The second kappa shape index (κ2) is 10.5. The molecule has 2 rings (SSSR count). The first-order valence-electron chi connectivity index (χ1n) is 8.52. The van der Waals surface area contributed by atoms with E-state index in [1.54, 1.807) is 24.3 Å². The van der Waals surface area contributed by atoms with E-state index in [2.05, 4.69) is 17.6 Å². The molecule has 0 saturated carbocycles. The lowest BCUT2D eigenvalue weighted by molar-refractivity contribution is 0.0942. The van der Waals surface area contributed by atoms with Gasteiger partial charge in [0.2, 0.25) is 0 Å². The number of unbranched alkanes of at least 4 members (excludes halogenated alkanes) is 1. The van der Waals surface area contributed by atoms with Crippen molar-refractivity contribution in [2.24, 2.45) is 0 Å². The number of benzene rings is 2. The topological polar surface area (TPSA) is 84.2 Å². The maximum Gasteiger partial charge on any atom is 0.251 e. The van der Waals surface area contributed by atoms with E-state index < -0.39 is 0 Å². The highest BCUT2D eigenvalue weighted by molar-refractivity contribution is 5.96. The molecule has 0 unspecified atom stereocenters. The third-order valence-electron chi connectivity index (χ3n) is 3.99. The van der Waals surface area contributed by atoms with Gasteiger partial charge in [0, 0.05) is 29.9 Å². The molecule has 0 saturated heterocycles. The third kappa shape index (κ3) is 6.08. The van der Waals surface area contributed by atoms with Crippen LogP contribution in [-0.2, 0) is 6.54 Å². The molecule has 2 aromatic carbocycles. The van der Waals surface area contributed by atoms with Crippen molar-refractivity contribution in [2.75, 3.05) is 12.3 Å². The van der Waals surface area contributed by atoms with Crippen molar-refractivity contribution in [3.63, 3.8) is 0 Å². The molecule has 0 aliphatic carbocycles. The molecular weight excluding hydrogens is 350 g/mol. The van der Waals surface area contributed by atoms with E-state index in [9.17, 15) is 9.59 Å². The summed E-state index contributed by atoms with van der Waals surface area (Å²) in [5, 5.41) is 5.76. The monoisotopic (exact) mass is 375 g/mol. The first kappa shape index (κ1) is 21.5. The lowest BCUT2D eigenvalue weighted by Crippen LogP contribution is -2.25. The average molecular weight is 376 g/mol. The molecule has 140 valence electrons. The molecule has 0 aliphatic heterocycles. The van der Waals surface area contributed by atoms with Gasteiger partial charge in [-0.2, -0.15) is 0 Å². The SMILES string of the molecule is CCCCNC(=O)c1ccc(CNC(=O)c2cc(N)ccc2C)cc1.Cl. The van der Waals surface area contributed by atoms with Crippen LogP contribution in [0.25, 0.3) is 0 Å². The molecule has 26 heavy (non-hydrogen) atoms. The van der Waals surface area contributed by atoms with Crippen LogP contribution >= 0.6 is 12.4 Å². The Hall–Kier alpha value is -2.53. The molecule has 6 heteroatoms. The maximum absolute atomic E-state index is 12.3. The Morgan fingerprint density at radius 2 is 1.69 bits per heavy atom. The number of halogens is 1. The zero-order valence-electron chi connectivity index (χ0n) is 15.2. The smallest absolute Gasteiger partial charge is 0.251 e. The summed E-state index contributed by atoms with van der Waals surface area (Å²) in [6, 6.07) is 12.5. The Kier molecular flexibility index (Phi) is 8.65.